The van der Waals surface area contributed by atoms with Gasteiger partial charge in [0.05, 0.1) is 18.7 Å². The van der Waals surface area contributed by atoms with E-state index in [1.165, 1.54) is 11.3 Å². The first-order valence-corrected chi connectivity index (χ1v) is 10.8. The number of nitrogens with zero attached hydrogens (tertiary/aromatic N) is 1. The number of fused-ring (bicyclic) bond motifs is 1. The van der Waals surface area contributed by atoms with Crippen LogP contribution in [0.3, 0.4) is 0 Å². The zero-order chi connectivity index (χ0) is 20.4. The van der Waals surface area contributed by atoms with E-state index in [-0.39, 0.29) is 11.8 Å². The van der Waals surface area contributed by atoms with Gasteiger partial charge in [-0.05, 0) is 47.5 Å². The van der Waals surface area contributed by atoms with Crippen molar-refractivity contribution in [3.8, 4) is 17.0 Å². The smallest absolute Gasteiger partial charge is 0.233 e. The van der Waals surface area contributed by atoms with Crippen LogP contribution in [0.2, 0.25) is 0 Å². The third-order valence-electron chi connectivity index (χ3n) is 4.84. The number of methoxy groups -OCH3 is 1. The van der Waals surface area contributed by atoms with Crippen molar-refractivity contribution in [2.24, 2.45) is 0 Å². The number of amides is 1. The fourth-order valence-corrected chi connectivity index (χ4v) is 4.07. The van der Waals surface area contributed by atoms with E-state index in [0.29, 0.717) is 5.13 Å². The highest BCUT2D eigenvalue weighted by Gasteiger charge is 2.17. The minimum absolute atomic E-state index is 0.0745. The number of anilines is 1. The normalized spacial score (nSPS) is 12.0. The van der Waals surface area contributed by atoms with E-state index in [0.717, 1.165) is 37.8 Å². The molecule has 29 heavy (non-hydrogen) atoms. The number of carbonyl (C=O) groups excluding carboxylic acids is 1. The van der Waals surface area contributed by atoms with Gasteiger partial charge < -0.3 is 10.1 Å². The molecule has 146 valence electrons. The van der Waals surface area contributed by atoms with Gasteiger partial charge in [0, 0.05) is 15.4 Å². The van der Waals surface area contributed by atoms with E-state index in [1.54, 1.807) is 7.11 Å². The average molecular weight is 467 g/mol. The van der Waals surface area contributed by atoms with Crippen molar-refractivity contribution in [1.82, 2.24) is 4.98 Å². The predicted molar refractivity (Wildman–Crippen MR) is 123 cm³/mol. The first-order valence-electron chi connectivity index (χ1n) is 9.13. The molecule has 1 heterocycles. The Bertz CT molecular complexity index is 1170. The minimum Gasteiger partial charge on any atom is -0.497 e. The van der Waals surface area contributed by atoms with E-state index >= 15 is 0 Å². The van der Waals surface area contributed by atoms with Gasteiger partial charge in [-0.15, -0.1) is 11.3 Å². The summed E-state index contributed by atoms with van der Waals surface area (Å²) < 4.78 is 6.29. The van der Waals surface area contributed by atoms with Crippen molar-refractivity contribution in [1.29, 1.82) is 0 Å². The molecule has 0 saturated heterocycles. The maximum absolute atomic E-state index is 12.8. The highest BCUT2D eigenvalue weighted by molar-refractivity contribution is 9.10. The molecule has 1 N–H and O–H groups in total. The molecule has 4 nitrogen and oxygen atoms in total. The number of halogens is 1. The molecule has 0 aliphatic carbocycles. The Morgan fingerprint density at radius 2 is 1.79 bits per heavy atom. The summed E-state index contributed by atoms with van der Waals surface area (Å²) in [7, 11) is 1.66. The monoisotopic (exact) mass is 466 g/mol. The van der Waals surface area contributed by atoms with Crippen LogP contribution in [0.4, 0.5) is 5.13 Å². The van der Waals surface area contributed by atoms with Gasteiger partial charge in [-0.3, -0.25) is 4.79 Å². The van der Waals surface area contributed by atoms with Crippen LogP contribution in [0.5, 0.6) is 5.75 Å². The molecule has 0 fully saturated rings. The van der Waals surface area contributed by atoms with Crippen molar-refractivity contribution in [3.05, 3.63) is 76.1 Å². The zero-order valence-electron chi connectivity index (χ0n) is 16.0. The SMILES string of the molecule is COc1ccc2cc(C(C)C(=O)Nc3nc(-c4ccc(Br)cc4)cs3)ccc2c1. The molecule has 0 radical (unpaired) electrons. The van der Waals surface area contributed by atoms with Crippen molar-refractivity contribution in [2.75, 3.05) is 12.4 Å². The molecule has 1 aromatic heterocycles. The van der Waals surface area contributed by atoms with Crippen LogP contribution in [0.25, 0.3) is 22.0 Å². The van der Waals surface area contributed by atoms with Crippen LogP contribution in [0.15, 0.2) is 70.5 Å². The van der Waals surface area contributed by atoms with Gasteiger partial charge in [-0.25, -0.2) is 4.98 Å². The highest BCUT2D eigenvalue weighted by atomic mass is 79.9. The first kappa shape index (κ1) is 19.6. The summed E-state index contributed by atoms with van der Waals surface area (Å²) in [5, 5.41) is 7.66. The third-order valence-corrected chi connectivity index (χ3v) is 6.13. The number of aromatic nitrogens is 1. The molecule has 1 atom stereocenters. The zero-order valence-corrected chi connectivity index (χ0v) is 18.4. The molecule has 0 aliphatic rings. The fourth-order valence-electron chi connectivity index (χ4n) is 3.09. The lowest BCUT2D eigenvalue weighted by Crippen LogP contribution is -2.18. The predicted octanol–water partition coefficient (Wildman–Crippen LogP) is 6.48. The maximum Gasteiger partial charge on any atom is 0.233 e. The molecule has 0 aliphatic heterocycles. The Hall–Kier alpha value is -2.70. The lowest BCUT2D eigenvalue weighted by molar-refractivity contribution is -0.117. The average Bonchev–Trinajstić information content (AvgIpc) is 3.21. The van der Waals surface area contributed by atoms with Gasteiger partial charge in [0.2, 0.25) is 5.91 Å². The number of thiazole rings is 1. The van der Waals surface area contributed by atoms with Gasteiger partial charge in [0.25, 0.3) is 0 Å². The Morgan fingerprint density at radius 3 is 2.55 bits per heavy atom. The van der Waals surface area contributed by atoms with Crippen molar-refractivity contribution < 1.29 is 9.53 Å². The standard InChI is InChI=1S/C23H19BrN2O2S/c1-14(16-3-4-18-12-20(28-2)10-7-17(18)11-16)22(27)26-23-25-21(13-29-23)15-5-8-19(24)9-6-15/h3-14H,1-2H3,(H,25,26,27). The number of hydrogen-bond donors (Lipinski definition) is 1. The molecular formula is C23H19BrN2O2S. The van der Waals surface area contributed by atoms with E-state index in [1.807, 2.05) is 73.0 Å². The number of carbonyl (C=O) groups is 1. The second-order valence-electron chi connectivity index (χ2n) is 6.73. The molecule has 4 aromatic rings. The van der Waals surface area contributed by atoms with Crippen LogP contribution in [0, 0.1) is 0 Å². The fraction of sp³-hybridized carbons (Fsp3) is 0.130. The lowest BCUT2D eigenvalue weighted by atomic mass is 9.97. The van der Waals surface area contributed by atoms with E-state index in [2.05, 4.69) is 26.2 Å². The Labute approximate surface area is 181 Å². The van der Waals surface area contributed by atoms with E-state index in [4.69, 9.17) is 4.74 Å². The summed E-state index contributed by atoms with van der Waals surface area (Å²) in [5.41, 5.74) is 2.83. The quantitative estimate of drug-likeness (QED) is 0.366. The number of hydrogen-bond acceptors (Lipinski definition) is 4. The lowest BCUT2D eigenvalue weighted by Gasteiger charge is -2.12. The molecule has 1 amide bonds. The second kappa shape index (κ2) is 8.35. The van der Waals surface area contributed by atoms with Gasteiger partial charge in [-0.2, -0.15) is 0 Å². The van der Waals surface area contributed by atoms with Crippen LogP contribution in [-0.2, 0) is 4.79 Å². The Balaban J connectivity index is 1.49. The Kier molecular flexibility index (Phi) is 5.65. The summed E-state index contributed by atoms with van der Waals surface area (Å²) in [6.45, 7) is 1.91. The second-order valence-corrected chi connectivity index (χ2v) is 8.50. The van der Waals surface area contributed by atoms with E-state index < -0.39 is 0 Å². The van der Waals surface area contributed by atoms with Crippen LogP contribution in [-0.4, -0.2) is 18.0 Å². The van der Waals surface area contributed by atoms with Gasteiger partial charge in [0.15, 0.2) is 5.13 Å². The number of ether oxygens (including phenoxy) is 1. The summed E-state index contributed by atoms with van der Waals surface area (Å²) in [6.07, 6.45) is 0. The number of rotatable bonds is 5. The molecule has 6 heteroatoms. The van der Waals surface area contributed by atoms with Crippen LogP contribution >= 0.6 is 27.3 Å². The van der Waals surface area contributed by atoms with Gasteiger partial charge in [-0.1, -0.05) is 52.3 Å². The highest BCUT2D eigenvalue weighted by Crippen LogP contribution is 2.28. The summed E-state index contributed by atoms with van der Waals surface area (Å²) in [5.74, 6) is 0.456. The van der Waals surface area contributed by atoms with Gasteiger partial charge in [0.1, 0.15) is 5.75 Å². The first-order chi connectivity index (χ1) is 14.0. The summed E-state index contributed by atoms with van der Waals surface area (Å²) in [4.78, 5) is 17.3. The van der Waals surface area contributed by atoms with E-state index in [9.17, 15) is 4.79 Å². The maximum atomic E-state index is 12.8. The molecule has 0 spiro atoms. The minimum atomic E-state index is -0.290. The van der Waals surface area contributed by atoms with Crippen LogP contribution < -0.4 is 10.1 Å². The summed E-state index contributed by atoms with van der Waals surface area (Å²) in [6, 6.07) is 19.9. The topological polar surface area (TPSA) is 51.2 Å². The van der Waals surface area contributed by atoms with Gasteiger partial charge >= 0.3 is 0 Å². The van der Waals surface area contributed by atoms with Crippen LogP contribution in [0.1, 0.15) is 18.4 Å². The summed E-state index contributed by atoms with van der Waals surface area (Å²) >= 11 is 4.86. The molecule has 4 rings (SSSR count). The number of nitrogens with one attached hydrogen (secondary N) is 1. The van der Waals surface area contributed by atoms with Crippen molar-refractivity contribution in [3.63, 3.8) is 0 Å². The largest absolute Gasteiger partial charge is 0.497 e. The third kappa shape index (κ3) is 4.33. The van der Waals surface area contributed by atoms with Crippen molar-refractivity contribution in [2.45, 2.75) is 12.8 Å². The molecule has 0 saturated carbocycles. The van der Waals surface area contributed by atoms with Crippen molar-refractivity contribution >= 4 is 49.1 Å². The molecular weight excluding hydrogens is 448 g/mol. The molecule has 3 aromatic carbocycles. The molecule has 1 unspecified atom stereocenters. The molecule has 0 bridgehead atoms. The number of benzene rings is 3. The Morgan fingerprint density at radius 1 is 1.07 bits per heavy atom.